The number of nitrogens with one attached hydrogen (secondary N) is 2. The molecule has 2 N–H and O–H groups in total. The van der Waals surface area contributed by atoms with Crippen molar-refractivity contribution in [3.8, 4) is 0 Å². The van der Waals surface area contributed by atoms with Gasteiger partial charge in [0.1, 0.15) is 0 Å². The molecule has 2 aliphatic heterocycles. The standard InChI is InChI=1S/C29H36N4O2S/c1-4-6-12-21(5-2)27(34)32-24-16-10-13-22(19-24)26-25(28(35)31-23-14-8-7-9-15-23)20(3)30-29-33(26)17-11-18-36-29/h7-10,13-16,19,21,26H,4-6,11-12,17-18H2,1-3H3,(H,31,35)(H,32,34). The van der Waals surface area contributed by atoms with Crippen LogP contribution in [0.1, 0.15) is 64.5 Å². The predicted octanol–water partition coefficient (Wildman–Crippen LogP) is 6.60. The molecule has 2 amide bonds. The van der Waals surface area contributed by atoms with Crippen LogP contribution in [0.2, 0.25) is 0 Å². The van der Waals surface area contributed by atoms with Crippen molar-refractivity contribution in [3.63, 3.8) is 0 Å². The number of carbonyl (C=O) groups is 2. The first-order valence-electron chi connectivity index (χ1n) is 13.0. The normalized spacial score (nSPS) is 18.2. The highest BCUT2D eigenvalue weighted by Gasteiger charge is 2.37. The third-order valence-corrected chi connectivity index (χ3v) is 7.85. The second-order valence-electron chi connectivity index (χ2n) is 9.37. The fourth-order valence-corrected chi connectivity index (χ4v) is 5.85. The van der Waals surface area contributed by atoms with Crippen molar-refractivity contribution in [1.82, 2.24) is 4.90 Å². The van der Waals surface area contributed by atoms with Crippen molar-refractivity contribution in [2.75, 3.05) is 22.9 Å². The molecule has 4 rings (SSSR count). The first-order valence-corrected chi connectivity index (χ1v) is 14.0. The summed E-state index contributed by atoms with van der Waals surface area (Å²) in [5.74, 6) is 0.945. The summed E-state index contributed by atoms with van der Waals surface area (Å²) in [4.78, 5) is 33.6. The molecule has 36 heavy (non-hydrogen) atoms. The summed E-state index contributed by atoms with van der Waals surface area (Å²) in [6.45, 7) is 6.96. The van der Waals surface area contributed by atoms with E-state index in [9.17, 15) is 9.59 Å². The third kappa shape index (κ3) is 6.01. The number of fused-ring (bicyclic) bond motifs is 1. The number of nitrogens with zero attached hydrogens (tertiary/aromatic N) is 2. The van der Waals surface area contributed by atoms with Crippen LogP contribution < -0.4 is 10.6 Å². The van der Waals surface area contributed by atoms with Crippen LogP contribution in [0.3, 0.4) is 0 Å². The third-order valence-electron chi connectivity index (χ3n) is 6.77. The summed E-state index contributed by atoms with van der Waals surface area (Å²) < 4.78 is 0. The van der Waals surface area contributed by atoms with Crippen molar-refractivity contribution in [2.45, 2.75) is 58.9 Å². The van der Waals surface area contributed by atoms with Crippen molar-refractivity contribution in [1.29, 1.82) is 0 Å². The van der Waals surface area contributed by atoms with Crippen molar-refractivity contribution in [3.05, 3.63) is 71.4 Å². The number of hydrogen-bond acceptors (Lipinski definition) is 5. The monoisotopic (exact) mass is 504 g/mol. The highest BCUT2D eigenvalue weighted by molar-refractivity contribution is 8.13. The highest BCUT2D eigenvalue weighted by atomic mass is 32.2. The fraction of sp³-hybridized carbons (Fsp3) is 0.414. The van der Waals surface area contributed by atoms with Gasteiger partial charge in [-0.2, -0.15) is 0 Å². The van der Waals surface area contributed by atoms with Crippen LogP contribution in [0, 0.1) is 5.92 Å². The van der Waals surface area contributed by atoms with E-state index in [1.54, 1.807) is 11.8 Å². The number of allylic oxidation sites excluding steroid dienone is 1. The minimum Gasteiger partial charge on any atom is -0.340 e. The lowest BCUT2D eigenvalue weighted by Crippen LogP contribution is -2.43. The number of rotatable bonds is 9. The van der Waals surface area contributed by atoms with Gasteiger partial charge in [0.15, 0.2) is 5.17 Å². The molecule has 2 aromatic carbocycles. The zero-order valence-electron chi connectivity index (χ0n) is 21.4. The Morgan fingerprint density at radius 1 is 1.08 bits per heavy atom. The molecular formula is C29H36N4O2S. The average Bonchev–Trinajstić information content (AvgIpc) is 2.89. The molecule has 6 nitrogen and oxygen atoms in total. The lowest BCUT2D eigenvalue weighted by Gasteiger charge is -2.41. The molecule has 2 aromatic rings. The van der Waals surface area contributed by atoms with Crippen LogP contribution in [0.15, 0.2) is 70.9 Å². The van der Waals surface area contributed by atoms with Gasteiger partial charge in [-0.3, -0.25) is 9.59 Å². The van der Waals surface area contributed by atoms with Crippen molar-refractivity contribution >= 4 is 40.1 Å². The summed E-state index contributed by atoms with van der Waals surface area (Å²) >= 11 is 1.74. The number of hydrogen-bond donors (Lipinski definition) is 2. The summed E-state index contributed by atoms with van der Waals surface area (Å²) in [5, 5.41) is 7.15. The van der Waals surface area contributed by atoms with Crippen LogP contribution in [0.5, 0.6) is 0 Å². The van der Waals surface area contributed by atoms with Crippen molar-refractivity contribution < 1.29 is 9.59 Å². The number of amides is 2. The van der Waals surface area contributed by atoms with Gasteiger partial charge in [0.25, 0.3) is 5.91 Å². The Morgan fingerprint density at radius 2 is 1.86 bits per heavy atom. The van der Waals surface area contributed by atoms with Gasteiger partial charge in [-0.1, -0.05) is 68.8 Å². The molecule has 2 atom stereocenters. The maximum absolute atomic E-state index is 13.6. The maximum Gasteiger partial charge on any atom is 0.255 e. The molecule has 0 spiro atoms. The molecule has 0 aromatic heterocycles. The van der Waals surface area contributed by atoms with E-state index in [0.29, 0.717) is 5.57 Å². The summed E-state index contributed by atoms with van der Waals surface area (Å²) in [7, 11) is 0. The van der Waals surface area contributed by atoms with Crippen LogP contribution >= 0.6 is 11.8 Å². The van der Waals surface area contributed by atoms with Crippen LogP contribution in [-0.4, -0.2) is 34.2 Å². The van der Waals surface area contributed by atoms with Gasteiger partial charge in [0, 0.05) is 29.6 Å². The highest BCUT2D eigenvalue weighted by Crippen LogP contribution is 2.40. The van der Waals surface area contributed by atoms with Gasteiger partial charge in [0.2, 0.25) is 5.91 Å². The molecule has 0 bridgehead atoms. The quantitative estimate of drug-likeness (QED) is 0.403. The van der Waals surface area contributed by atoms with E-state index in [4.69, 9.17) is 4.99 Å². The smallest absolute Gasteiger partial charge is 0.255 e. The summed E-state index contributed by atoms with van der Waals surface area (Å²) in [6.07, 6.45) is 4.88. The van der Waals surface area contributed by atoms with Gasteiger partial charge in [-0.15, -0.1) is 0 Å². The molecule has 7 heteroatoms. The Morgan fingerprint density at radius 3 is 2.61 bits per heavy atom. The minimum atomic E-state index is -0.270. The molecule has 2 unspecified atom stereocenters. The number of anilines is 2. The Bertz CT molecular complexity index is 1140. The van der Waals surface area contributed by atoms with Gasteiger partial charge in [0.05, 0.1) is 17.3 Å². The second-order valence-corrected chi connectivity index (χ2v) is 10.4. The Labute approximate surface area is 218 Å². The molecule has 1 saturated heterocycles. The van der Waals surface area contributed by atoms with Gasteiger partial charge >= 0.3 is 0 Å². The topological polar surface area (TPSA) is 73.8 Å². The summed E-state index contributed by atoms with van der Waals surface area (Å²) in [6, 6.07) is 17.2. The number of para-hydroxylation sites is 1. The molecule has 190 valence electrons. The SMILES string of the molecule is CCCCC(CC)C(=O)Nc1cccc(C2C(C(=O)Nc3ccccc3)=C(C)N=C3SCCCN32)c1. The second kappa shape index (κ2) is 12.3. The number of unbranched alkanes of at least 4 members (excludes halogenated alkanes) is 1. The van der Waals surface area contributed by atoms with Crippen LogP contribution in [0.4, 0.5) is 11.4 Å². The van der Waals surface area contributed by atoms with E-state index >= 15 is 0 Å². The number of carbonyl (C=O) groups excluding carboxylic acids is 2. The molecular weight excluding hydrogens is 468 g/mol. The Hall–Kier alpha value is -3.06. The van der Waals surface area contributed by atoms with Gasteiger partial charge in [-0.25, -0.2) is 4.99 Å². The number of thioether (sulfide) groups is 1. The largest absolute Gasteiger partial charge is 0.340 e. The zero-order chi connectivity index (χ0) is 25.5. The molecule has 2 heterocycles. The Balaban J connectivity index is 1.65. The van der Waals surface area contributed by atoms with Gasteiger partial charge in [-0.05, 0) is 56.0 Å². The van der Waals surface area contributed by atoms with E-state index in [0.717, 1.165) is 72.2 Å². The fourth-order valence-electron chi connectivity index (χ4n) is 4.83. The number of amidine groups is 1. The minimum absolute atomic E-state index is 0.00914. The lowest BCUT2D eigenvalue weighted by atomic mass is 9.93. The zero-order valence-corrected chi connectivity index (χ0v) is 22.2. The average molecular weight is 505 g/mol. The van der Waals surface area contributed by atoms with E-state index in [1.165, 1.54) is 0 Å². The molecule has 2 aliphatic rings. The molecule has 0 saturated carbocycles. The van der Waals surface area contributed by atoms with Gasteiger partial charge < -0.3 is 15.5 Å². The number of aliphatic imine (C=N–C) groups is 1. The first kappa shape index (κ1) is 26.0. The number of benzene rings is 2. The molecule has 0 radical (unpaired) electrons. The maximum atomic E-state index is 13.6. The predicted molar refractivity (Wildman–Crippen MR) is 150 cm³/mol. The van der Waals surface area contributed by atoms with Crippen molar-refractivity contribution in [2.24, 2.45) is 10.9 Å². The first-order chi connectivity index (χ1) is 17.5. The van der Waals surface area contributed by atoms with Crippen LogP contribution in [0.25, 0.3) is 0 Å². The molecule has 1 fully saturated rings. The lowest BCUT2D eigenvalue weighted by molar-refractivity contribution is -0.120. The van der Waals surface area contributed by atoms with E-state index in [1.807, 2.05) is 61.5 Å². The van der Waals surface area contributed by atoms with Crippen LogP contribution in [-0.2, 0) is 9.59 Å². The molecule has 0 aliphatic carbocycles. The summed E-state index contributed by atoms with van der Waals surface area (Å²) in [5.41, 5.74) is 3.86. The van der Waals surface area contributed by atoms with E-state index in [-0.39, 0.29) is 23.8 Å². The van der Waals surface area contributed by atoms with E-state index in [2.05, 4.69) is 29.4 Å². The van der Waals surface area contributed by atoms with E-state index < -0.39 is 0 Å². The Kier molecular flexibility index (Phi) is 8.86.